The fraction of sp³-hybridized carbons (Fsp3) is 0.103. The molecule has 0 unspecified atom stereocenters. The van der Waals surface area contributed by atoms with E-state index in [-0.39, 0.29) is 10.8 Å². The summed E-state index contributed by atoms with van der Waals surface area (Å²) in [6.45, 7) is 9.44. The van der Waals surface area contributed by atoms with Gasteiger partial charge in [0.2, 0.25) is 0 Å². The first-order chi connectivity index (χ1) is 29.8. The van der Waals surface area contributed by atoms with Gasteiger partial charge in [-0.3, -0.25) is 0 Å². The molecule has 3 aliphatic rings. The summed E-state index contributed by atoms with van der Waals surface area (Å²) in [6, 6.07) is 71.0. The van der Waals surface area contributed by atoms with Gasteiger partial charge < -0.3 is 14.5 Å². The molecule has 2 heterocycles. The van der Waals surface area contributed by atoms with Crippen molar-refractivity contribution in [2.75, 3.05) is 9.80 Å². The number of ether oxygens (including phenoxy) is 1. The number of rotatable bonds is 5. The summed E-state index contributed by atoms with van der Waals surface area (Å²) in [5.41, 5.74) is 19.1. The van der Waals surface area contributed by atoms with Crippen molar-refractivity contribution in [1.29, 1.82) is 0 Å². The molecule has 0 amide bonds. The summed E-state index contributed by atoms with van der Waals surface area (Å²) in [4.78, 5) is 4.88. The van der Waals surface area contributed by atoms with Crippen molar-refractivity contribution in [3.63, 3.8) is 0 Å². The van der Waals surface area contributed by atoms with Gasteiger partial charge in [0.15, 0.2) is 11.5 Å². The van der Waals surface area contributed by atoms with E-state index in [2.05, 4.69) is 232 Å². The van der Waals surface area contributed by atoms with Gasteiger partial charge in [-0.15, -0.1) is 0 Å². The summed E-state index contributed by atoms with van der Waals surface area (Å²) >= 11 is 0. The third-order valence-electron chi connectivity index (χ3n) is 13.6. The van der Waals surface area contributed by atoms with Crippen molar-refractivity contribution < 1.29 is 4.74 Å². The van der Waals surface area contributed by atoms with Crippen LogP contribution in [0.1, 0.15) is 49.9 Å². The second-order valence-corrected chi connectivity index (χ2v) is 17.7. The van der Waals surface area contributed by atoms with Crippen molar-refractivity contribution >= 4 is 44.9 Å². The van der Waals surface area contributed by atoms with Gasteiger partial charge in [0.05, 0.1) is 17.1 Å². The monoisotopic (exact) mass is 784 g/mol. The Labute approximate surface area is 357 Å². The molecule has 1 aliphatic carbocycles. The maximum absolute atomic E-state index is 6.84. The fourth-order valence-corrected chi connectivity index (χ4v) is 10.6. The second-order valence-electron chi connectivity index (χ2n) is 17.7. The molecule has 0 aromatic heterocycles. The molecule has 0 spiro atoms. The number of anilines is 6. The van der Waals surface area contributed by atoms with E-state index in [1.165, 1.54) is 72.1 Å². The van der Waals surface area contributed by atoms with E-state index >= 15 is 0 Å². The molecular weight excluding hydrogens is 741 g/mol. The Morgan fingerprint density at radius 1 is 0.410 bits per heavy atom. The lowest BCUT2D eigenvalue weighted by atomic mass is 9.70. The topological polar surface area (TPSA) is 15.7 Å². The predicted octanol–water partition coefficient (Wildman–Crippen LogP) is 16.2. The summed E-state index contributed by atoms with van der Waals surface area (Å²) in [5, 5.41) is 2.37. The highest BCUT2D eigenvalue weighted by atomic mass is 16.5. The van der Waals surface area contributed by atoms with Crippen molar-refractivity contribution in [3.05, 3.63) is 216 Å². The summed E-state index contributed by atoms with van der Waals surface area (Å²) in [7, 11) is 0. The summed E-state index contributed by atoms with van der Waals surface area (Å²) in [6.07, 6.45) is 0. The van der Waals surface area contributed by atoms with E-state index in [1.54, 1.807) is 0 Å². The second kappa shape index (κ2) is 13.1. The van der Waals surface area contributed by atoms with E-state index in [0.717, 1.165) is 39.9 Å². The molecular formula is C58H44N2O. The Balaban J connectivity index is 1.01. The summed E-state index contributed by atoms with van der Waals surface area (Å²) < 4.78 is 6.84. The van der Waals surface area contributed by atoms with Crippen LogP contribution in [-0.4, -0.2) is 0 Å². The van der Waals surface area contributed by atoms with Crippen molar-refractivity contribution in [1.82, 2.24) is 0 Å². The molecule has 0 saturated carbocycles. The first-order valence-corrected chi connectivity index (χ1v) is 21.3. The molecule has 61 heavy (non-hydrogen) atoms. The maximum Gasteiger partial charge on any atom is 0.152 e. The Morgan fingerprint density at radius 2 is 0.984 bits per heavy atom. The van der Waals surface area contributed by atoms with Crippen LogP contribution in [0.5, 0.6) is 11.5 Å². The normalized spacial score (nSPS) is 14.6. The Morgan fingerprint density at radius 3 is 1.77 bits per heavy atom. The SMILES string of the molecule is CC1(C)c2ccccc2-c2ccc(N(c3ccc(-c4ccccc4)cc3)c3ccc(-c4ccc5c6c4C(C)(C)c4ccccc4N6c4c(ccc6ccccc46)O5)cc3)cc21. The molecule has 0 bridgehead atoms. The minimum absolute atomic E-state index is 0.113. The smallest absolute Gasteiger partial charge is 0.152 e. The zero-order valence-corrected chi connectivity index (χ0v) is 34.8. The average Bonchev–Trinajstić information content (AvgIpc) is 3.53. The van der Waals surface area contributed by atoms with E-state index in [1.807, 2.05) is 0 Å². The van der Waals surface area contributed by atoms with Crippen LogP contribution in [0.3, 0.4) is 0 Å². The van der Waals surface area contributed by atoms with Crippen LogP contribution in [0.2, 0.25) is 0 Å². The molecule has 3 nitrogen and oxygen atoms in total. The van der Waals surface area contributed by atoms with Gasteiger partial charge >= 0.3 is 0 Å². The number of hydrogen-bond donors (Lipinski definition) is 0. The number of hydrogen-bond acceptors (Lipinski definition) is 3. The molecule has 0 atom stereocenters. The third kappa shape index (κ3) is 5.23. The number of para-hydroxylation sites is 1. The first kappa shape index (κ1) is 35.6. The largest absolute Gasteiger partial charge is 0.453 e. The van der Waals surface area contributed by atoms with Gasteiger partial charge in [-0.05, 0) is 116 Å². The van der Waals surface area contributed by atoms with Crippen LogP contribution in [0.25, 0.3) is 44.2 Å². The Kier molecular flexibility index (Phi) is 7.62. The minimum atomic E-state index is -0.306. The highest BCUT2D eigenvalue weighted by Crippen LogP contribution is 2.63. The molecule has 2 aliphatic heterocycles. The lowest BCUT2D eigenvalue weighted by molar-refractivity contribution is 0.472. The molecule has 292 valence electrons. The lowest BCUT2D eigenvalue weighted by Gasteiger charge is -2.46. The standard InChI is InChI=1S/C58H44N2O/c1-57(2)48-19-11-10-18-46(48)47-32-31-43(36-50(47)57)59(41-27-22-38(23-28-41)37-14-6-5-7-15-37)42-29-24-40(25-30-42)44-33-35-53-56-54(44)58(3,4)49-20-12-13-21-51(49)60(56)55-45-17-9-8-16-39(45)26-34-52(55)61-53/h5-36H,1-4H3. The molecule has 0 N–H and O–H groups in total. The Hall–Kier alpha value is -7.36. The average molecular weight is 785 g/mol. The van der Waals surface area contributed by atoms with Crippen molar-refractivity contribution in [2.45, 2.75) is 38.5 Å². The molecule has 3 heteroatoms. The number of fused-ring (bicyclic) bond motifs is 9. The van der Waals surface area contributed by atoms with Crippen LogP contribution < -0.4 is 14.5 Å². The van der Waals surface area contributed by atoms with Gasteiger partial charge in [0.1, 0.15) is 0 Å². The van der Waals surface area contributed by atoms with Crippen LogP contribution in [0.4, 0.5) is 34.1 Å². The quantitative estimate of drug-likeness (QED) is 0.173. The summed E-state index contributed by atoms with van der Waals surface area (Å²) in [5.74, 6) is 1.76. The first-order valence-electron chi connectivity index (χ1n) is 21.3. The molecule has 9 aromatic rings. The van der Waals surface area contributed by atoms with Crippen LogP contribution in [0.15, 0.2) is 194 Å². The van der Waals surface area contributed by atoms with Gasteiger partial charge in [-0.25, -0.2) is 0 Å². The highest BCUT2D eigenvalue weighted by Gasteiger charge is 2.44. The minimum Gasteiger partial charge on any atom is -0.453 e. The van der Waals surface area contributed by atoms with Crippen LogP contribution in [0, 0.1) is 0 Å². The number of benzene rings is 9. The fourth-order valence-electron chi connectivity index (χ4n) is 10.6. The maximum atomic E-state index is 6.84. The van der Waals surface area contributed by atoms with Crippen LogP contribution >= 0.6 is 0 Å². The van der Waals surface area contributed by atoms with Gasteiger partial charge in [-0.1, -0.05) is 167 Å². The molecule has 0 radical (unpaired) electrons. The lowest BCUT2D eigenvalue weighted by Crippen LogP contribution is -2.33. The van der Waals surface area contributed by atoms with Gasteiger partial charge in [-0.2, -0.15) is 0 Å². The van der Waals surface area contributed by atoms with E-state index in [9.17, 15) is 0 Å². The van der Waals surface area contributed by atoms with E-state index in [4.69, 9.17) is 4.74 Å². The molecule has 0 saturated heterocycles. The molecule has 9 aromatic carbocycles. The predicted molar refractivity (Wildman–Crippen MR) is 254 cm³/mol. The van der Waals surface area contributed by atoms with Gasteiger partial charge in [0.25, 0.3) is 0 Å². The highest BCUT2D eigenvalue weighted by molar-refractivity contribution is 6.07. The van der Waals surface area contributed by atoms with E-state index < -0.39 is 0 Å². The zero-order chi connectivity index (χ0) is 41.0. The van der Waals surface area contributed by atoms with Crippen molar-refractivity contribution in [2.24, 2.45) is 0 Å². The molecule has 0 fully saturated rings. The molecule has 12 rings (SSSR count). The van der Waals surface area contributed by atoms with E-state index in [0.29, 0.717) is 0 Å². The van der Waals surface area contributed by atoms with Gasteiger partial charge in [0, 0.05) is 33.3 Å². The Bertz CT molecular complexity index is 3220. The number of nitrogens with zero attached hydrogens (tertiary/aromatic N) is 2. The van der Waals surface area contributed by atoms with Crippen LogP contribution in [-0.2, 0) is 10.8 Å². The zero-order valence-electron chi connectivity index (χ0n) is 34.8. The third-order valence-corrected chi connectivity index (χ3v) is 13.6. The van der Waals surface area contributed by atoms with Crippen molar-refractivity contribution in [3.8, 4) is 44.9 Å².